The summed E-state index contributed by atoms with van der Waals surface area (Å²) < 4.78 is 0. The smallest absolute Gasteiger partial charge is 0.227 e. The minimum Gasteiger partial charge on any atom is -0.339 e. The molecule has 4 heteroatoms. The summed E-state index contributed by atoms with van der Waals surface area (Å²) >= 11 is 0. The van der Waals surface area contributed by atoms with Crippen molar-refractivity contribution in [2.45, 2.75) is 25.8 Å². The summed E-state index contributed by atoms with van der Waals surface area (Å²) in [5.74, 6) is 1.57. The summed E-state index contributed by atoms with van der Waals surface area (Å²) in [6.07, 6.45) is 5.07. The van der Waals surface area contributed by atoms with Crippen LogP contribution in [0.4, 0.5) is 0 Å². The van der Waals surface area contributed by atoms with E-state index in [1.807, 2.05) is 12.1 Å². The number of carbonyl (C=O) groups is 1. The van der Waals surface area contributed by atoms with Crippen molar-refractivity contribution < 1.29 is 4.79 Å². The Morgan fingerprint density at radius 3 is 3.16 bits per heavy atom. The molecular formula is C15H21N3O. The average molecular weight is 259 g/mol. The number of amides is 1. The molecule has 0 aromatic carbocycles. The molecule has 2 fully saturated rings. The molecule has 0 spiro atoms. The maximum absolute atomic E-state index is 12.5. The van der Waals surface area contributed by atoms with Crippen LogP contribution in [0.5, 0.6) is 0 Å². The predicted molar refractivity (Wildman–Crippen MR) is 73.6 cm³/mol. The van der Waals surface area contributed by atoms with Crippen molar-refractivity contribution in [3.63, 3.8) is 0 Å². The number of hydrogen-bond acceptors (Lipinski definition) is 3. The lowest BCUT2D eigenvalue weighted by atomic mass is 9.93. The molecule has 0 radical (unpaired) electrons. The van der Waals surface area contributed by atoms with Crippen LogP contribution in [-0.4, -0.2) is 41.5 Å². The zero-order valence-corrected chi connectivity index (χ0v) is 11.4. The van der Waals surface area contributed by atoms with Crippen LogP contribution in [-0.2, 0) is 11.2 Å². The topological polar surface area (TPSA) is 45.2 Å². The molecule has 2 saturated heterocycles. The molecule has 2 aliphatic rings. The quantitative estimate of drug-likeness (QED) is 0.883. The van der Waals surface area contributed by atoms with Gasteiger partial charge < -0.3 is 10.2 Å². The van der Waals surface area contributed by atoms with Crippen LogP contribution in [0.25, 0.3) is 0 Å². The maximum atomic E-state index is 12.5. The zero-order chi connectivity index (χ0) is 13.2. The molecular weight excluding hydrogens is 238 g/mol. The molecule has 2 aliphatic heterocycles. The Morgan fingerprint density at radius 2 is 2.42 bits per heavy atom. The Bertz CT molecular complexity index is 448. The van der Waals surface area contributed by atoms with Gasteiger partial charge in [-0.1, -0.05) is 13.0 Å². The van der Waals surface area contributed by atoms with Gasteiger partial charge in [0.1, 0.15) is 0 Å². The molecule has 3 unspecified atom stereocenters. The van der Waals surface area contributed by atoms with Gasteiger partial charge >= 0.3 is 0 Å². The number of fused-ring (bicyclic) bond motifs is 1. The fraction of sp³-hybridized carbons (Fsp3) is 0.600. The van der Waals surface area contributed by atoms with E-state index in [0.717, 1.165) is 31.6 Å². The van der Waals surface area contributed by atoms with Crippen LogP contribution >= 0.6 is 0 Å². The largest absolute Gasteiger partial charge is 0.339 e. The summed E-state index contributed by atoms with van der Waals surface area (Å²) in [5, 5.41) is 3.45. The van der Waals surface area contributed by atoms with Crippen molar-refractivity contribution in [3.8, 4) is 0 Å². The number of nitrogens with zero attached hydrogens (tertiary/aromatic N) is 2. The van der Waals surface area contributed by atoms with Crippen LogP contribution in [0.3, 0.4) is 0 Å². The molecule has 1 amide bonds. The SMILES string of the molecule is CCC1C2CNCC2CN1C(=O)Cc1cccnc1. The van der Waals surface area contributed by atoms with Gasteiger partial charge in [0.05, 0.1) is 6.42 Å². The van der Waals surface area contributed by atoms with E-state index in [1.54, 1.807) is 12.4 Å². The van der Waals surface area contributed by atoms with Gasteiger partial charge in [0.2, 0.25) is 5.91 Å². The van der Waals surface area contributed by atoms with E-state index >= 15 is 0 Å². The lowest BCUT2D eigenvalue weighted by Gasteiger charge is -2.27. The zero-order valence-electron chi connectivity index (χ0n) is 11.4. The second-order valence-electron chi connectivity index (χ2n) is 5.64. The molecule has 102 valence electrons. The third kappa shape index (κ3) is 2.37. The number of hydrogen-bond donors (Lipinski definition) is 1. The highest BCUT2D eigenvalue weighted by Gasteiger charge is 2.44. The normalized spacial score (nSPS) is 29.5. The highest BCUT2D eigenvalue weighted by molar-refractivity contribution is 5.79. The van der Waals surface area contributed by atoms with Gasteiger partial charge in [0.25, 0.3) is 0 Å². The van der Waals surface area contributed by atoms with E-state index in [2.05, 4.69) is 22.1 Å². The van der Waals surface area contributed by atoms with Crippen LogP contribution in [0.2, 0.25) is 0 Å². The second-order valence-corrected chi connectivity index (χ2v) is 5.64. The van der Waals surface area contributed by atoms with E-state index in [4.69, 9.17) is 0 Å². The fourth-order valence-electron chi connectivity index (χ4n) is 3.61. The first-order valence-corrected chi connectivity index (χ1v) is 7.18. The van der Waals surface area contributed by atoms with Crippen molar-refractivity contribution in [2.24, 2.45) is 11.8 Å². The third-order valence-electron chi connectivity index (χ3n) is 4.53. The number of nitrogens with one attached hydrogen (secondary N) is 1. The molecule has 0 aliphatic carbocycles. The Kier molecular flexibility index (Phi) is 3.51. The summed E-state index contributed by atoms with van der Waals surface area (Å²) in [4.78, 5) is 18.7. The molecule has 3 rings (SSSR count). The number of likely N-dealkylation sites (tertiary alicyclic amines) is 1. The summed E-state index contributed by atoms with van der Waals surface area (Å²) in [5.41, 5.74) is 1.01. The molecule has 19 heavy (non-hydrogen) atoms. The summed E-state index contributed by atoms with van der Waals surface area (Å²) in [6, 6.07) is 4.29. The van der Waals surface area contributed by atoms with E-state index < -0.39 is 0 Å². The number of rotatable bonds is 3. The van der Waals surface area contributed by atoms with E-state index in [-0.39, 0.29) is 5.91 Å². The third-order valence-corrected chi connectivity index (χ3v) is 4.53. The van der Waals surface area contributed by atoms with Crippen LogP contribution in [0.1, 0.15) is 18.9 Å². The molecule has 1 N–H and O–H groups in total. The van der Waals surface area contributed by atoms with Crippen molar-refractivity contribution in [1.82, 2.24) is 15.2 Å². The first-order chi connectivity index (χ1) is 9.29. The Morgan fingerprint density at radius 1 is 1.53 bits per heavy atom. The number of carbonyl (C=O) groups excluding carboxylic acids is 1. The van der Waals surface area contributed by atoms with Crippen molar-refractivity contribution in [1.29, 1.82) is 0 Å². The Balaban J connectivity index is 1.70. The number of aromatic nitrogens is 1. The lowest BCUT2D eigenvalue weighted by molar-refractivity contribution is -0.131. The highest BCUT2D eigenvalue weighted by Crippen LogP contribution is 2.34. The number of pyridine rings is 1. The predicted octanol–water partition coefficient (Wildman–Crippen LogP) is 1.08. The van der Waals surface area contributed by atoms with Crippen LogP contribution in [0, 0.1) is 11.8 Å². The minimum atomic E-state index is 0.259. The van der Waals surface area contributed by atoms with Gasteiger partial charge in [-0.2, -0.15) is 0 Å². The fourth-order valence-corrected chi connectivity index (χ4v) is 3.61. The van der Waals surface area contributed by atoms with E-state index in [1.165, 1.54) is 0 Å². The van der Waals surface area contributed by atoms with Gasteiger partial charge in [-0.3, -0.25) is 9.78 Å². The van der Waals surface area contributed by atoms with E-state index in [9.17, 15) is 4.79 Å². The summed E-state index contributed by atoms with van der Waals surface area (Å²) in [6.45, 7) is 5.25. The van der Waals surface area contributed by atoms with Gasteiger partial charge in [0.15, 0.2) is 0 Å². The standard InChI is InChI=1S/C15H21N3O/c1-2-14-13-9-17-8-12(13)10-18(14)15(19)6-11-4-3-5-16-7-11/h3-5,7,12-14,17H,2,6,8-10H2,1H3. The lowest BCUT2D eigenvalue weighted by Crippen LogP contribution is -2.40. The van der Waals surface area contributed by atoms with Crippen LogP contribution in [0.15, 0.2) is 24.5 Å². The van der Waals surface area contributed by atoms with Gasteiger partial charge in [0, 0.05) is 38.1 Å². The van der Waals surface area contributed by atoms with E-state index in [0.29, 0.717) is 24.3 Å². The molecule has 4 nitrogen and oxygen atoms in total. The van der Waals surface area contributed by atoms with Crippen molar-refractivity contribution in [2.75, 3.05) is 19.6 Å². The van der Waals surface area contributed by atoms with Crippen molar-refractivity contribution >= 4 is 5.91 Å². The van der Waals surface area contributed by atoms with Crippen molar-refractivity contribution in [3.05, 3.63) is 30.1 Å². The first kappa shape index (κ1) is 12.6. The maximum Gasteiger partial charge on any atom is 0.227 e. The molecule has 3 heterocycles. The molecule has 0 saturated carbocycles. The molecule has 1 aromatic rings. The van der Waals surface area contributed by atoms with Gasteiger partial charge in [-0.05, 0) is 29.9 Å². The van der Waals surface area contributed by atoms with Crippen LogP contribution < -0.4 is 5.32 Å². The summed E-state index contributed by atoms with van der Waals surface area (Å²) in [7, 11) is 0. The highest BCUT2D eigenvalue weighted by atomic mass is 16.2. The first-order valence-electron chi connectivity index (χ1n) is 7.18. The Hall–Kier alpha value is -1.42. The minimum absolute atomic E-state index is 0.259. The Labute approximate surface area is 114 Å². The molecule has 1 aromatic heterocycles. The second kappa shape index (κ2) is 5.29. The van der Waals surface area contributed by atoms with Gasteiger partial charge in [-0.25, -0.2) is 0 Å². The molecule has 0 bridgehead atoms. The molecule has 3 atom stereocenters. The monoisotopic (exact) mass is 259 g/mol. The average Bonchev–Trinajstić information content (AvgIpc) is 2.99. The van der Waals surface area contributed by atoms with Gasteiger partial charge in [-0.15, -0.1) is 0 Å².